The second-order valence-electron chi connectivity index (χ2n) is 6.68. The number of ether oxygens (including phenoxy) is 4. The molecular formula is C18H30MgN2O12. The monoisotopic (exact) mass is 490 g/mol. The van der Waals surface area contributed by atoms with Gasteiger partial charge in [-0.2, -0.15) is 0 Å². The Morgan fingerprint density at radius 1 is 0.485 bits per heavy atom. The Kier molecular flexibility index (Phi) is 17.0. The third kappa shape index (κ3) is 12.4. The van der Waals surface area contributed by atoms with E-state index in [1.165, 1.54) is 9.80 Å². The SMILES string of the molecule is O=C(O)C(C(=O)O)N1CCOCCOCCN(C(C(=O)O)C(=O)O)CCOCCOCC1.[Mg]. The highest BCUT2D eigenvalue weighted by atomic mass is 24.3. The van der Waals surface area contributed by atoms with Crippen molar-refractivity contribution in [1.29, 1.82) is 0 Å². The minimum absolute atomic E-state index is 0. The Morgan fingerprint density at radius 2 is 0.697 bits per heavy atom. The number of aliphatic carboxylic acids is 4. The van der Waals surface area contributed by atoms with E-state index in [1.807, 2.05) is 0 Å². The molecule has 1 aliphatic rings. The first-order valence-corrected chi connectivity index (χ1v) is 9.96. The standard InChI is InChI=1S/C18H30N2O12.Mg/c21-15(22)13(16(23)24)19-1-5-29-9-10-31-7-3-20(14(17(25)26)18(27)28)4-8-32-12-11-30-6-2-19;/h13-14H,1-12H2,(H,21,22)(H,23,24)(H,25,26)(H,27,28);. The van der Waals surface area contributed by atoms with Crippen LogP contribution < -0.4 is 0 Å². The predicted molar refractivity (Wildman–Crippen MR) is 110 cm³/mol. The van der Waals surface area contributed by atoms with Gasteiger partial charge in [0.15, 0.2) is 0 Å². The molecule has 1 heterocycles. The van der Waals surface area contributed by atoms with Crippen molar-refractivity contribution in [1.82, 2.24) is 9.80 Å². The third-order valence-electron chi connectivity index (χ3n) is 4.50. The van der Waals surface area contributed by atoms with Crippen LogP contribution in [0, 0.1) is 0 Å². The fourth-order valence-corrected chi connectivity index (χ4v) is 2.95. The van der Waals surface area contributed by atoms with Crippen molar-refractivity contribution in [3.63, 3.8) is 0 Å². The highest BCUT2D eigenvalue weighted by Crippen LogP contribution is 2.04. The first kappa shape index (κ1) is 31.4. The Labute approximate surface area is 206 Å². The number of nitrogens with zero attached hydrogens (tertiary/aromatic N) is 2. The van der Waals surface area contributed by atoms with Gasteiger partial charge in [0.2, 0.25) is 12.1 Å². The van der Waals surface area contributed by atoms with Crippen LogP contribution in [0.25, 0.3) is 0 Å². The summed E-state index contributed by atoms with van der Waals surface area (Å²) in [6, 6.07) is -3.47. The summed E-state index contributed by atoms with van der Waals surface area (Å²) in [4.78, 5) is 47.7. The van der Waals surface area contributed by atoms with E-state index in [0.717, 1.165) is 0 Å². The van der Waals surface area contributed by atoms with E-state index in [2.05, 4.69) is 0 Å². The maximum absolute atomic E-state index is 11.3. The lowest BCUT2D eigenvalue weighted by atomic mass is 10.2. The first-order chi connectivity index (χ1) is 15.3. The van der Waals surface area contributed by atoms with Crippen LogP contribution in [0.15, 0.2) is 0 Å². The number of carboxylic acid groups (broad SMARTS) is 4. The second kappa shape index (κ2) is 17.8. The van der Waals surface area contributed by atoms with E-state index in [9.17, 15) is 39.6 Å². The van der Waals surface area contributed by atoms with Crippen molar-refractivity contribution in [3.05, 3.63) is 0 Å². The molecule has 186 valence electrons. The van der Waals surface area contributed by atoms with Gasteiger partial charge in [-0.15, -0.1) is 0 Å². The topological polar surface area (TPSA) is 193 Å². The molecule has 1 rings (SSSR count). The van der Waals surface area contributed by atoms with Gasteiger partial charge in [-0.05, 0) is 0 Å². The van der Waals surface area contributed by atoms with Crippen molar-refractivity contribution < 1.29 is 58.6 Å². The van der Waals surface area contributed by atoms with Gasteiger partial charge in [0.1, 0.15) is 0 Å². The molecule has 15 heteroatoms. The van der Waals surface area contributed by atoms with Crippen LogP contribution in [0.3, 0.4) is 0 Å². The summed E-state index contributed by atoms with van der Waals surface area (Å²) < 4.78 is 21.4. The Hall–Kier alpha value is -1.59. The van der Waals surface area contributed by atoms with Gasteiger partial charge < -0.3 is 39.4 Å². The zero-order valence-electron chi connectivity index (χ0n) is 18.3. The zero-order chi connectivity index (χ0) is 23.9. The zero-order valence-corrected chi connectivity index (χ0v) is 19.7. The summed E-state index contributed by atoms with van der Waals surface area (Å²) in [5, 5.41) is 36.8. The van der Waals surface area contributed by atoms with Crippen molar-refractivity contribution in [2.45, 2.75) is 12.1 Å². The summed E-state index contributed by atoms with van der Waals surface area (Å²) in [6.07, 6.45) is 0. The van der Waals surface area contributed by atoms with E-state index in [4.69, 9.17) is 18.9 Å². The van der Waals surface area contributed by atoms with Gasteiger partial charge in [0.05, 0.1) is 52.9 Å². The van der Waals surface area contributed by atoms with Gasteiger partial charge in [-0.1, -0.05) is 0 Å². The average Bonchev–Trinajstić information content (AvgIpc) is 2.69. The van der Waals surface area contributed by atoms with Crippen LogP contribution in [-0.4, -0.2) is 168 Å². The number of rotatable bonds is 6. The molecule has 33 heavy (non-hydrogen) atoms. The second-order valence-corrected chi connectivity index (χ2v) is 6.68. The average molecular weight is 491 g/mol. The molecule has 0 aromatic carbocycles. The van der Waals surface area contributed by atoms with Gasteiger partial charge in [0, 0.05) is 49.2 Å². The molecule has 0 aromatic heterocycles. The summed E-state index contributed by atoms with van der Waals surface area (Å²) in [5.74, 6) is -5.96. The van der Waals surface area contributed by atoms with Crippen LogP contribution in [-0.2, 0) is 38.1 Å². The summed E-state index contributed by atoms with van der Waals surface area (Å²) in [7, 11) is 0. The van der Waals surface area contributed by atoms with Crippen LogP contribution >= 0.6 is 0 Å². The lowest BCUT2D eigenvalue weighted by Gasteiger charge is -2.26. The van der Waals surface area contributed by atoms with Crippen molar-refractivity contribution >= 4 is 46.9 Å². The molecule has 0 amide bonds. The number of carboxylic acids is 4. The molecule has 4 N–H and O–H groups in total. The molecule has 2 radical (unpaired) electrons. The number of hydrogen-bond acceptors (Lipinski definition) is 10. The van der Waals surface area contributed by atoms with E-state index >= 15 is 0 Å². The lowest BCUT2D eigenvalue weighted by molar-refractivity contribution is -0.159. The molecule has 1 saturated heterocycles. The first-order valence-electron chi connectivity index (χ1n) is 9.96. The number of carbonyl (C=O) groups is 4. The van der Waals surface area contributed by atoms with Crippen molar-refractivity contribution in [2.24, 2.45) is 0 Å². The fourth-order valence-electron chi connectivity index (χ4n) is 2.95. The highest BCUT2D eigenvalue weighted by molar-refractivity contribution is 5.97. The normalized spacial score (nSPS) is 19.2. The van der Waals surface area contributed by atoms with Gasteiger partial charge >= 0.3 is 23.9 Å². The van der Waals surface area contributed by atoms with Crippen LogP contribution in [0.1, 0.15) is 0 Å². The molecule has 1 aliphatic heterocycles. The minimum Gasteiger partial charge on any atom is -0.480 e. The smallest absolute Gasteiger partial charge is 0.332 e. The van der Waals surface area contributed by atoms with Crippen LogP contribution in [0.5, 0.6) is 0 Å². The molecule has 0 aromatic rings. The van der Waals surface area contributed by atoms with E-state index in [1.54, 1.807) is 0 Å². The lowest BCUT2D eigenvalue weighted by Crippen LogP contribution is -2.49. The molecule has 0 atom stereocenters. The molecule has 0 saturated carbocycles. The molecule has 0 spiro atoms. The minimum atomic E-state index is -1.73. The molecular weight excluding hydrogens is 461 g/mol. The molecule has 0 unspecified atom stereocenters. The fraction of sp³-hybridized carbons (Fsp3) is 0.778. The summed E-state index contributed by atoms with van der Waals surface area (Å²) in [5.41, 5.74) is 0. The Bertz CT molecular complexity index is 523. The quantitative estimate of drug-likeness (QED) is 0.223. The van der Waals surface area contributed by atoms with Crippen molar-refractivity contribution in [3.8, 4) is 0 Å². The third-order valence-corrected chi connectivity index (χ3v) is 4.50. The summed E-state index contributed by atoms with van der Waals surface area (Å²) >= 11 is 0. The maximum atomic E-state index is 11.3. The Balaban J connectivity index is 0.0000102. The van der Waals surface area contributed by atoms with Crippen LogP contribution in [0.2, 0.25) is 0 Å². The largest absolute Gasteiger partial charge is 0.480 e. The molecule has 14 nitrogen and oxygen atoms in total. The van der Waals surface area contributed by atoms with Crippen molar-refractivity contribution in [2.75, 3.05) is 79.0 Å². The predicted octanol–water partition coefficient (Wildman–Crippen LogP) is -2.63. The van der Waals surface area contributed by atoms with E-state index in [-0.39, 0.29) is 102 Å². The maximum Gasteiger partial charge on any atom is 0.332 e. The molecule has 1 fully saturated rings. The van der Waals surface area contributed by atoms with Gasteiger partial charge in [-0.25, -0.2) is 19.2 Å². The van der Waals surface area contributed by atoms with E-state index < -0.39 is 36.0 Å². The highest BCUT2D eigenvalue weighted by Gasteiger charge is 2.33. The molecule has 0 aliphatic carbocycles. The Morgan fingerprint density at radius 3 is 0.879 bits per heavy atom. The summed E-state index contributed by atoms with van der Waals surface area (Å²) in [6.45, 7) is 0.854. The van der Waals surface area contributed by atoms with Crippen LogP contribution in [0.4, 0.5) is 0 Å². The molecule has 0 bridgehead atoms. The van der Waals surface area contributed by atoms with E-state index in [0.29, 0.717) is 0 Å². The van der Waals surface area contributed by atoms with Gasteiger partial charge in [-0.3, -0.25) is 9.80 Å². The van der Waals surface area contributed by atoms with Gasteiger partial charge in [0.25, 0.3) is 0 Å². The number of hydrogen-bond donors (Lipinski definition) is 4.